The summed E-state index contributed by atoms with van der Waals surface area (Å²) in [6.07, 6.45) is 2.85. The Morgan fingerprint density at radius 3 is 2.40 bits per heavy atom. The molecule has 1 unspecified atom stereocenters. The molecule has 2 rings (SSSR count). The molecule has 0 spiro atoms. The fourth-order valence-electron chi connectivity index (χ4n) is 1.38. The van der Waals surface area contributed by atoms with Crippen molar-refractivity contribution >= 4 is 0 Å². The molecule has 2 heteroatoms. The van der Waals surface area contributed by atoms with E-state index in [-0.39, 0.29) is 0 Å². The van der Waals surface area contributed by atoms with Crippen LogP contribution in [-0.4, -0.2) is 10.1 Å². The molecular weight excluding hydrogens is 186 g/mol. The van der Waals surface area contributed by atoms with Gasteiger partial charge < -0.3 is 5.11 Å². The van der Waals surface area contributed by atoms with E-state index >= 15 is 0 Å². The molecule has 0 aliphatic heterocycles. The fourth-order valence-corrected chi connectivity index (χ4v) is 1.38. The van der Waals surface area contributed by atoms with Crippen LogP contribution in [0.3, 0.4) is 0 Å². The summed E-state index contributed by atoms with van der Waals surface area (Å²) in [5.41, 5.74) is 1.66. The minimum absolute atomic E-state index is 0.596. The number of nitrogens with zero attached hydrogens (tertiary/aromatic N) is 1. The normalized spacial score (nSPS) is 12.3. The molecule has 1 atom stereocenters. The topological polar surface area (TPSA) is 33.1 Å². The van der Waals surface area contributed by atoms with Gasteiger partial charge in [0.05, 0.1) is 6.10 Å². The molecule has 2 nitrogen and oxygen atoms in total. The second kappa shape index (κ2) is 4.71. The van der Waals surface area contributed by atoms with Gasteiger partial charge in [0.2, 0.25) is 0 Å². The predicted molar refractivity (Wildman–Crippen MR) is 59.0 cm³/mol. The van der Waals surface area contributed by atoms with E-state index in [4.69, 9.17) is 0 Å². The van der Waals surface area contributed by atoms with Crippen molar-refractivity contribution in [3.8, 4) is 0 Å². The molecule has 1 aromatic carbocycles. The van der Waals surface area contributed by atoms with E-state index < -0.39 is 6.10 Å². The zero-order chi connectivity index (χ0) is 10.5. The summed E-state index contributed by atoms with van der Waals surface area (Å²) in [5, 5.41) is 9.88. The number of aromatic nitrogens is 1. The lowest BCUT2D eigenvalue weighted by atomic mass is 10.0. The first kappa shape index (κ1) is 9.87. The Labute approximate surface area is 89.2 Å². The van der Waals surface area contributed by atoms with E-state index in [1.807, 2.05) is 48.5 Å². The van der Waals surface area contributed by atoms with Gasteiger partial charge >= 0.3 is 0 Å². The Morgan fingerprint density at radius 2 is 1.73 bits per heavy atom. The van der Waals surface area contributed by atoms with Crippen LogP contribution in [0, 0.1) is 6.42 Å². The number of benzene rings is 1. The Hall–Kier alpha value is -1.67. The second-order valence-corrected chi connectivity index (χ2v) is 3.28. The Bertz CT molecular complexity index is 399. The van der Waals surface area contributed by atoms with E-state index in [9.17, 15) is 5.11 Å². The van der Waals surface area contributed by atoms with Gasteiger partial charge in [-0.2, -0.15) is 0 Å². The maximum atomic E-state index is 9.88. The molecule has 1 aromatic heterocycles. The van der Waals surface area contributed by atoms with Gasteiger partial charge in [0.25, 0.3) is 0 Å². The molecule has 0 aliphatic carbocycles. The summed E-state index contributed by atoms with van der Waals surface area (Å²) < 4.78 is 0. The lowest BCUT2D eigenvalue weighted by Crippen LogP contribution is -2.00. The molecule has 2 aromatic rings. The number of hydrogen-bond acceptors (Lipinski definition) is 2. The van der Waals surface area contributed by atoms with E-state index in [1.165, 1.54) is 0 Å². The lowest BCUT2D eigenvalue weighted by molar-refractivity contribution is 0.214. The van der Waals surface area contributed by atoms with Crippen molar-refractivity contribution in [2.45, 2.75) is 6.10 Å². The quantitative estimate of drug-likeness (QED) is 0.821. The first-order chi connectivity index (χ1) is 7.36. The summed E-state index contributed by atoms with van der Waals surface area (Å²) in [5.74, 6) is 0. The molecule has 1 radical (unpaired) electrons. The maximum absolute atomic E-state index is 9.88. The van der Waals surface area contributed by atoms with E-state index in [1.54, 1.807) is 12.6 Å². The van der Waals surface area contributed by atoms with E-state index in [0.29, 0.717) is 0 Å². The lowest BCUT2D eigenvalue weighted by Gasteiger charge is -2.09. The number of hydrogen-bond donors (Lipinski definition) is 1. The third-order valence-corrected chi connectivity index (χ3v) is 2.16. The van der Waals surface area contributed by atoms with Crippen LogP contribution in [-0.2, 0) is 0 Å². The number of aliphatic hydroxyl groups is 1. The zero-order valence-corrected chi connectivity index (χ0v) is 8.25. The van der Waals surface area contributed by atoms with Crippen LogP contribution in [0.25, 0.3) is 0 Å². The van der Waals surface area contributed by atoms with Crippen molar-refractivity contribution in [2.75, 3.05) is 0 Å². The van der Waals surface area contributed by atoms with Crippen LogP contribution in [0.4, 0.5) is 0 Å². The van der Waals surface area contributed by atoms with Gasteiger partial charge in [-0.1, -0.05) is 36.4 Å². The molecule has 0 saturated heterocycles. The third-order valence-electron chi connectivity index (χ3n) is 2.16. The first-order valence-electron chi connectivity index (χ1n) is 4.85. The van der Waals surface area contributed by atoms with Crippen molar-refractivity contribution in [3.05, 3.63) is 72.4 Å². The molecular formula is C13H12NO. The zero-order valence-electron chi connectivity index (χ0n) is 8.25. The van der Waals surface area contributed by atoms with Gasteiger partial charge in [-0.05, 0) is 17.7 Å². The fraction of sp³-hybridized carbons (Fsp3) is 0.0769. The molecule has 0 fully saturated rings. The number of rotatable bonds is 3. The number of pyridine rings is 1. The summed E-state index contributed by atoms with van der Waals surface area (Å²) in [7, 11) is 0. The van der Waals surface area contributed by atoms with Gasteiger partial charge in [0, 0.05) is 18.3 Å². The monoisotopic (exact) mass is 198 g/mol. The van der Waals surface area contributed by atoms with Crippen molar-refractivity contribution in [3.63, 3.8) is 0 Å². The molecule has 15 heavy (non-hydrogen) atoms. The van der Waals surface area contributed by atoms with Crippen LogP contribution >= 0.6 is 0 Å². The van der Waals surface area contributed by atoms with Gasteiger partial charge in [-0.15, -0.1) is 0 Å². The Morgan fingerprint density at radius 1 is 1.00 bits per heavy atom. The van der Waals surface area contributed by atoms with Gasteiger partial charge in [0.1, 0.15) is 0 Å². The van der Waals surface area contributed by atoms with Crippen LogP contribution < -0.4 is 0 Å². The van der Waals surface area contributed by atoms with Crippen LogP contribution in [0.1, 0.15) is 17.4 Å². The maximum Gasteiger partial charge on any atom is 0.0881 e. The first-order valence-corrected chi connectivity index (χ1v) is 4.85. The van der Waals surface area contributed by atoms with Crippen LogP contribution in [0.2, 0.25) is 0 Å². The van der Waals surface area contributed by atoms with Crippen molar-refractivity contribution in [2.24, 2.45) is 0 Å². The largest absolute Gasteiger partial charge is 0.388 e. The average Bonchev–Trinajstić information content (AvgIpc) is 2.31. The second-order valence-electron chi connectivity index (χ2n) is 3.28. The standard InChI is InChI=1S/C13H12NO/c15-13(11-6-2-1-3-7-11)10-12-8-4-5-9-14-12/h1-10,13,15H. The van der Waals surface area contributed by atoms with Crippen molar-refractivity contribution in [1.29, 1.82) is 0 Å². The minimum atomic E-state index is -0.596. The van der Waals surface area contributed by atoms with Crippen LogP contribution in [0.15, 0.2) is 54.7 Å². The highest BCUT2D eigenvalue weighted by Gasteiger charge is 2.08. The average molecular weight is 198 g/mol. The van der Waals surface area contributed by atoms with Gasteiger partial charge in [-0.3, -0.25) is 4.98 Å². The highest BCUT2D eigenvalue weighted by molar-refractivity contribution is 5.25. The van der Waals surface area contributed by atoms with E-state index in [2.05, 4.69) is 4.98 Å². The SMILES string of the molecule is OC([CH]c1ccccn1)c1ccccc1. The number of aliphatic hydroxyl groups excluding tert-OH is 1. The summed E-state index contributed by atoms with van der Waals surface area (Å²) >= 11 is 0. The molecule has 1 heterocycles. The van der Waals surface area contributed by atoms with Crippen molar-refractivity contribution in [1.82, 2.24) is 4.98 Å². The summed E-state index contributed by atoms with van der Waals surface area (Å²) in [6, 6.07) is 15.1. The van der Waals surface area contributed by atoms with Gasteiger partial charge in [-0.25, -0.2) is 0 Å². The molecule has 75 valence electrons. The molecule has 0 aliphatic rings. The van der Waals surface area contributed by atoms with Crippen molar-refractivity contribution < 1.29 is 5.11 Å². The summed E-state index contributed by atoms with van der Waals surface area (Å²) in [4.78, 5) is 4.13. The highest BCUT2D eigenvalue weighted by atomic mass is 16.3. The Balaban J connectivity index is 2.08. The highest BCUT2D eigenvalue weighted by Crippen LogP contribution is 2.18. The predicted octanol–water partition coefficient (Wildman–Crippen LogP) is 2.37. The van der Waals surface area contributed by atoms with Gasteiger partial charge in [0.15, 0.2) is 0 Å². The molecule has 1 N–H and O–H groups in total. The molecule has 0 saturated carbocycles. The smallest absolute Gasteiger partial charge is 0.0881 e. The van der Waals surface area contributed by atoms with Crippen LogP contribution in [0.5, 0.6) is 0 Å². The third kappa shape index (κ3) is 2.64. The minimum Gasteiger partial charge on any atom is -0.388 e. The van der Waals surface area contributed by atoms with E-state index in [0.717, 1.165) is 11.3 Å². The Kier molecular flexibility index (Phi) is 3.10. The molecule has 0 bridgehead atoms. The molecule has 0 amide bonds. The summed E-state index contributed by atoms with van der Waals surface area (Å²) in [6.45, 7) is 0.